The van der Waals surface area contributed by atoms with Crippen molar-refractivity contribution >= 4 is 0 Å². The third kappa shape index (κ3) is 2.20. The Morgan fingerprint density at radius 2 is 2.27 bits per heavy atom. The van der Waals surface area contributed by atoms with Crippen molar-refractivity contribution < 1.29 is 4.39 Å². The zero-order valence-electron chi connectivity index (χ0n) is 9.39. The molecule has 0 spiro atoms. The van der Waals surface area contributed by atoms with Crippen molar-refractivity contribution in [2.75, 3.05) is 6.54 Å². The fourth-order valence-electron chi connectivity index (χ4n) is 2.33. The van der Waals surface area contributed by atoms with Gasteiger partial charge in [0.1, 0.15) is 5.82 Å². The molecular weight excluding hydrogens is 189 g/mol. The van der Waals surface area contributed by atoms with Crippen molar-refractivity contribution in [3.8, 4) is 0 Å². The summed E-state index contributed by atoms with van der Waals surface area (Å²) in [6.07, 6.45) is 1.90. The van der Waals surface area contributed by atoms with Crippen LogP contribution in [0.4, 0.5) is 4.39 Å². The van der Waals surface area contributed by atoms with Gasteiger partial charge in [0, 0.05) is 6.04 Å². The van der Waals surface area contributed by atoms with Crippen LogP contribution < -0.4 is 5.32 Å². The Balaban J connectivity index is 2.30. The van der Waals surface area contributed by atoms with Gasteiger partial charge in [-0.1, -0.05) is 26.0 Å². The highest BCUT2D eigenvalue weighted by Gasteiger charge is 2.22. The lowest BCUT2D eigenvalue weighted by Crippen LogP contribution is -2.31. The molecule has 0 saturated heterocycles. The first-order valence-electron chi connectivity index (χ1n) is 5.69. The maximum Gasteiger partial charge on any atom is 0.126 e. The first-order valence-corrected chi connectivity index (χ1v) is 5.69. The van der Waals surface area contributed by atoms with Crippen molar-refractivity contribution in [2.45, 2.75) is 32.7 Å². The Labute approximate surface area is 90.7 Å². The maximum absolute atomic E-state index is 13.6. The molecule has 82 valence electrons. The second-order valence-corrected chi connectivity index (χ2v) is 4.69. The van der Waals surface area contributed by atoms with E-state index in [2.05, 4.69) is 25.2 Å². The second-order valence-electron chi connectivity index (χ2n) is 4.69. The molecule has 1 unspecified atom stereocenters. The van der Waals surface area contributed by atoms with E-state index in [1.165, 1.54) is 0 Å². The summed E-state index contributed by atoms with van der Waals surface area (Å²) in [5.41, 5.74) is 2.08. The van der Waals surface area contributed by atoms with Crippen LogP contribution in [0, 0.1) is 11.7 Å². The molecule has 2 heteroatoms. The van der Waals surface area contributed by atoms with E-state index in [1.54, 1.807) is 6.07 Å². The Kier molecular flexibility index (Phi) is 3.06. The zero-order valence-corrected chi connectivity index (χ0v) is 9.39. The lowest BCUT2D eigenvalue weighted by atomic mass is 9.89. The van der Waals surface area contributed by atoms with Crippen LogP contribution >= 0.6 is 0 Å². The van der Waals surface area contributed by atoms with Crippen molar-refractivity contribution in [1.82, 2.24) is 5.32 Å². The number of nitrogens with one attached hydrogen (secondary N) is 1. The van der Waals surface area contributed by atoms with E-state index in [-0.39, 0.29) is 5.82 Å². The van der Waals surface area contributed by atoms with Gasteiger partial charge in [0.2, 0.25) is 0 Å². The molecule has 1 aromatic rings. The van der Waals surface area contributed by atoms with Gasteiger partial charge in [-0.15, -0.1) is 0 Å². The van der Waals surface area contributed by atoms with Crippen LogP contribution in [0.2, 0.25) is 0 Å². The van der Waals surface area contributed by atoms with Gasteiger partial charge in [-0.3, -0.25) is 0 Å². The van der Waals surface area contributed by atoms with Crippen LogP contribution in [0.3, 0.4) is 0 Å². The maximum atomic E-state index is 13.6. The number of benzene rings is 1. The Bertz CT molecular complexity index is 346. The van der Waals surface area contributed by atoms with E-state index < -0.39 is 0 Å². The zero-order chi connectivity index (χ0) is 10.8. The molecule has 1 N–H and O–H groups in total. The van der Waals surface area contributed by atoms with Crippen molar-refractivity contribution in [3.05, 3.63) is 35.1 Å². The molecule has 0 bridgehead atoms. The normalized spacial score (nSPS) is 20.4. The van der Waals surface area contributed by atoms with Gasteiger partial charge in [-0.25, -0.2) is 4.39 Å². The number of hydrogen-bond donors (Lipinski definition) is 1. The van der Waals surface area contributed by atoms with E-state index in [1.807, 2.05) is 6.07 Å². The summed E-state index contributed by atoms with van der Waals surface area (Å²) >= 11 is 0. The molecule has 2 rings (SSSR count). The smallest absolute Gasteiger partial charge is 0.126 e. The molecule has 0 saturated carbocycles. The number of rotatable bonds is 2. The fourth-order valence-corrected chi connectivity index (χ4v) is 2.33. The van der Waals surface area contributed by atoms with Gasteiger partial charge in [-0.2, -0.15) is 0 Å². The Hall–Kier alpha value is -0.890. The molecule has 1 atom stereocenters. The van der Waals surface area contributed by atoms with E-state index in [4.69, 9.17) is 0 Å². The van der Waals surface area contributed by atoms with Crippen LogP contribution in [-0.4, -0.2) is 6.54 Å². The molecule has 0 fully saturated rings. The average Bonchev–Trinajstić information content (AvgIpc) is 2.19. The summed E-state index contributed by atoms with van der Waals surface area (Å²) in [7, 11) is 0. The van der Waals surface area contributed by atoms with E-state index in [0.29, 0.717) is 12.0 Å². The molecule has 1 aliphatic rings. The molecule has 1 nitrogen and oxygen atoms in total. The average molecular weight is 207 g/mol. The monoisotopic (exact) mass is 207 g/mol. The van der Waals surface area contributed by atoms with Gasteiger partial charge in [0.05, 0.1) is 0 Å². The summed E-state index contributed by atoms with van der Waals surface area (Å²) in [6, 6.07) is 5.77. The van der Waals surface area contributed by atoms with Gasteiger partial charge >= 0.3 is 0 Å². The number of halogens is 1. The highest BCUT2D eigenvalue weighted by atomic mass is 19.1. The predicted octanol–water partition coefficient (Wildman–Crippen LogP) is 3.06. The SMILES string of the molecule is CC(C)CC1NCCc2c(F)cccc21. The van der Waals surface area contributed by atoms with Gasteiger partial charge in [0.25, 0.3) is 0 Å². The first kappa shape index (κ1) is 10.6. The Morgan fingerprint density at radius 3 is 3.00 bits per heavy atom. The molecule has 1 aliphatic heterocycles. The largest absolute Gasteiger partial charge is 0.310 e. The molecule has 0 aliphatic carbocycles. The summed E-state index contributed by atoms with van der Waals surface area (Å²) in [6.45, 7) is 5.30. The molecule has 0 radical (unpaired) electrons. The van der Waals surface area contributed by atoms with E-state index in [0.717, 1.165) is 30.5 Å². The second kappa shape index (κ2) is 4.31. The summed E-state index contributed by atoms with van der Waals surface area (Å²) in [4.78, 5) is 0. The molecule has 15 heavy (non-hydrogen) atoms. The topological polar surface area (TPSA) is 12.0 Å². The van der Waals surface area contributed by atoms with Gasteiger partial charge in [0.15, 0.2) is 0 Å². The van der Waals surface area contributed by atoms with Crippen LogP contribution in [0.25, 0.3) is 0 Å². The molecular formula is C13H18FN. The van der Waals surface area contributed by atoms with Crippen molar-refractivity contribution in [2.24, 2.45) is 5.92 Å². The highest BCUT2D eigenvalue weighted by molar-refractivity contribution is 5.33. The van der Waals surface area contributed by atoms with E-state index in [9.17, 15) is 4.39 Å². The molecule has 1 aromatic carbocycles. The van der Waals surface area contributed by atoms with Crippen molar-refractivity contribution in [1.29, 1.82) is 0 Å². The van der Waals surface area contributed by atoms with E-state index >= 15 is 0 Å². The molecule has 1 heterocycles. The number of hydrogen-bond acceptors (Lipinski definition) is 1. The third-order valence-electron chi connectivity index (χ3n) is 3.00. The quantitative estimate of drug-likeness (QED) is 0.786. The predicted molar refractivity (Wildman–Crippen MR) is 60.3 cm³/mol. The summed E-state index contributed by atoms with van der Waals surface area (Å²) in [5.74, 6) is 0.597. The molecule has 0 aromatic heterocycles. The first-order chi connectivity index (χ1) is 7.18. The minimum atomic E-state index is -0.0391. The van der Waals surface area contributed by atoms with Crippen molar-refractivity contribution in [3.63, 3.8) is 0 Å². The van der Waals surface area contributed by atoms with Crippen LogP contribution in [0.15, 0.2) is 18.2 Å². The lowest BCUT2D eigenvalue weighted by Gasteiger charge is -2.28. The lowest BCUT2D eigenvalue weighted by molar-refractivity contribution is 0.408. The van der Waals surface area contributed by atoms with Crippen LogP contribution in [-0.2, 0) is 6.42 Å². The summed E-state index contributed by atoms with van der Waals surface area (Å²) in [5, 5.41) is 3.47. The molecule has 0 amide bonds. The van der Waals surface area contributed by atoms with Crippen LogP contribution in [0.1, 0.15) is 37.4 Å². The third-order valence-corrected chi connectivity index (χ3v) is 3.00. The number of fused-ring (bicyclic) bond motifs is 1. The Morgan fingerprint density at radius 1 is 1.47 bits per heavy atom. The summed E-state index contributed by atoms with van der Waals surface area (Å²) < 4.78 is 13.6. The standard InChI is InChI=1S/C13H18FN/c1-9(2)8-13-11-4-3-5-12(14)10(11)6-7-15-13/h3-5,9,13,15H,6-8H2,1-2H3. The minimum absolute atomic E-state index is 0.0391. The van der Waals surface area contributed by atoms with Crippen LogP contribution in [0.5, 0.6) is 0 Å². The fraction of sp³-hybridized carbons (Fsp3) is 0.538. The van der Waals surface area contributed by atoms with Gasteiger partial charge in [-0.05, 0) is 42.5 Å². The van der Waals surface area contributed by atoms with Gasteiger partial charge < -0.3 is 5.32 Å². The minimum Gasteiger partial charge on any atom is -0.310 e. The highest BCUT2D eigenvalue weighted by Crippen LogP contribution is 2.29.